The molecule has 2 saturated heterocycles. The molecule has 13 nitrogen and oxygen atoms in total. The molecule has 4 aromatic rings. The van der Waals surface area contributed by atoms with Gasteiger partial charge in [0.05, 0.1) is 29.9 Å². The van der Waals surface area contributed by atoms with Gasteiger partial charge in [0.25, 0.3) is 11.8 Å². The van der Waals surface area contributed by atoms with Crippen molar-refractivity contribution in [2.24, 2.45) is 0 Å². The molecule has 218 valence electrons. The van der Waals surface area contributed by atoms with E-state index in [1.165, 1.54) is 18.3 Å². The molecule has 1 N–H and O–H groups in total. The highest BCUT2D eigenvalue weighted by Gasteiger charge is 2.46. The lowest BCUT2D eigenvalue weighted by molar-refractivity contribution is -0.130. The van der Waals surface area contributed by atoms with Crippen molar-refractivity contribution in [2.75, 3.05) is 32.6 Å². The molecule has 0 saturated carbocycles. The second kappa shape index (κ2) is 10.6. The number of fused-ring (bicyclic) bond motifs is 1. The minimum atomic E-state index is -3.81. The van der Waals surface area contributed by atoms with Gasteiger partial charge in [0.1, 0.15) is 5.01 Å². The van der Waals surface area contributed by atoms with Crippen molar-refractivity contribution in [1.29, 1.82) is 0 Å². The van der Waals surface area contributed by atoms with Crippen molar-refractivity contribution in [3.63, 3.8) is 0 Å². The number of hydrogen-bond acceptors (Lipinski definition) is 12. The largest absolute Gasteiger partial charge is 0.432 e. The number of alkyl carbamates (subject to hydrolysis) is 1. The van der Waals surface area contributed by atoms with Gasteiger partial charge in [0, 0.05) is 24.9 Å². The van der Waals surface area contributed by atoms with E-state index in [2.05, 4.69) is 15.2 Å². The molecule has 3 amide bonds. The number of sulfone groups is 1. The van der Waals surface area contributed by atoms with Gasteiger partial charge in [0.2, 0.25) is 11.8 Å². The maximum absolute atomic E-state index is 12.9. The lowest BCUT2D eigenvalue weighted by Gasteiger charge is -2.26. The number of nitrogens with zero attached hydrogens (tertiary/aromatic N) is 4. The number of cyclic esters (lactones) is 1. The summed E-state index contributed by atoms with van der Waals surface area (Å²) >= 11 is 1.18. The number of carbonyl (C=O) groups is 3. The van der Waals surface area contributed by atoms with Crippen LogP contribution in [0.5, 0.6) is 0 Å². The van der Waals surface area contributed by atoms with Crippen molar-refractivity contribution < 1.29 is 36.7 Å². The van der Waals surface area contributed by atoms with Crippen LogP contribution >= 0.6 is 11.3 Å². The third-order valence-electron chi connectivity index (χ3n) is 7.03. The van der Waals surface area contributed by atoms with Gasteiger partial charge in [-0.1, -0.05) is 18.2 Å². The molecule has 0 aliphatic carbocycles. The fourth-order valence-electron chi connectivity index (χ4n) is 4.81. The number of thiazole rings is 1. The number of rotatable bonds is 7. The minimum Gasteiger partial charge on any atom is -0.432 e. The number of ether oxygens (including phenoxy) is 2. The Morgan fingerprint density at radius 1 is 1.10 bits per heavy atom. The summed E-state index contributed by atoms with van der Waals surface area (Å²) in [6, 6.07) is 12.9. The monoisotopic (exact) mass is 611 g/mol. The maximum atomic E-state index is 12.9. The van der Waals surface area contributed by atoms with Crippen LogP contribution in [0.15, 0.2) is 46.9 Å². The average molecular weight is 612 g/mol. The Hall–Kier alpha value is -4.21. The quantitative estimate of drug-likeness (QED) is 0.326. The Labute approximate surface area is 243 Å². The number of benzene rings is 2. The number of nitrogens with one attached hydrogen (secondary N) is 1. The molecule has 1 unspecified atom stereocenters. The fraction of sp³-hybridized carbons (Fsp3) is 0.333. The first-order valence-corrected chi connectivity index (χ1v) is 15.7. The average Bonchev–Trinajstić information content (AvgIpc) is 3.64. The van der Waals surface area contributed by atoms with Gasteiger partial charge < -0.3 is 18.8 Å². The smallest absolute Gasteiger partial charge is 0.415 e. The summed E-state index contributed by atoms with van der Waals surface area (Å²) in [4.78, 5) is 42.7. The third kappa shape index (κ3) is 5.37. The van der Waals surface area contributed by atoms with E-state index in [4.69, 9.17) is 13.9 Å². The van der Waals surface area contributed by atoms with E-state index in [1.54, 1.807) is 23.1 Å². The normalized spacial score (nSPS) is 20.0. The molecule has 42 heavy (non-hydrogen) atoms. The SMILES string of the molecule is C[C@]1(Cc2nnc(C(c3nc4ccc(-c5ccc(C(=O)N6CCOCC6)cc5)cc4s3)S(C)(=O)=O)o2)OC(=O)NC1=O. The molecule has 2 aromatic carbocycles. The number of aromatic nitrogens is 3. The highest BCUT2D eigenvalue weighted by molar-refractivity contribution is 7.91. The highest BCUT2D eigenvalue weighted by Crippen LogP contribution is 2.37. The van der Waals surface area contributed by atoms with Gasteiger partial charge in [-0.25, -0.2) is 18.2 Å². The molecule has 2 atom stereocenters. The van der Waals surface area contributed by atoms with Crippen LogP contribution in [0.25, 0.3) is 21.3 Å². The van der Waals surface area contributed by atoms with E-state index in [9.17, 15) is 22.8 Å². The first-order valence-electron chi connectivity index (χ1n) is 12.9. The Balaban J connectivity index is 1.25. The number of hydrogen-bond donors (Lipinski definition) is 1. The number of morpholine rings is 1. The van der Waals surface area contributed by atoms with Gasteiger partial charge in [-0.05, 0) is 42.3 Å². The number of imide groups is 1. The first-order chi connectivity index (χ1) is 20.0. The summed E-state index contributed by atoms with van der Waals surface area (Å²) < 4.78 is 42.5. The van der Waals surface area contributed by atoms with Crippen LogP contribution in [0.2, 0.25) is 0 Å². The zero-order chi connectivity index (χ0) is 29.6. The van der Waals surface area contributed by atoms with E-state index < -0.39 is 32.7 Å². The summed E-state index contributed by atoms with van der Waals surface area (Å²) in [6.07, 6.45) is -0.0667. The number of carbonyl (C=O) groups excluding carboxylic acids is 3. The van der Waals surface area contributed by atoms with Crippen LogP contribution in [0.1, 0.15) is 39.3 Å². The van der Waals surface area contributed by atoms with Crippen LogP contribution in [-0.2, 0) is 30.5 Å². The van der Waals surface area contributed by atoms with Crippen LogP contribution in [0.3, 0.4) is 0 Å². The molecule has 6 rings (SSSR count). The molecule has 0 bridgehead atoms. The first kappa shape index (κ1) is 27.9. The molecule has 15 heteroatoms. The Kier molecular flexibility index (Phi) is 7.03. The Morgan fingerprint density at radius 3 is 2.48 bits per heavy atom. The summed E-state index contributed by atoms with van der Waals surface area (Å²) in [5.74, 6) is -0.970. The Morgan fingerprint density at radius 2 is 1.81 bits per heavy atom. The molecule has 2 fully saturated rings. The fourth-order valence-corrected chi connectivity index (χ4v) is 7.34. The summed E-state index contributed by atoms with van der Waals surface area (Å²) in [7, 11) is -3.81. The molecule has 0 spiro atoms. The molecule has 2 aliphatic heterocycles. The summed E-state index contributed by atoms with van der Waals surface area (Å²) in [5.41, 5.74) is 1.39. The second-order valence-corrected chi connectivity index (χ2v) is 13.4. The van der Waals surface area contributed by atoms with Crippen LogP contribution in [0.4, 0.5) is 4.79 Å². The third-order valence-corrected chi connectivity index (χ3v) is 9.54. The predicted octanol–water partition coefficient (Wildman–Crippen LogP) is 2.52. The summed E-state index contributed by atoms with van der Waals surface area (Å²) in [6.45, 7) is 3.59. The molecule has 2 aliphatic rings. The van der Waals surface area contributed by atoms with Crippen molar-refractivity contribution in [3.05, 3.63) is 64.8 Å². The standard InChI is InChI=1S/C27H25N5O8S2/c1-27(25(34)29-26(35)40-27)14-20-30-31-22(39-20)21(42(2,36)37)23-28-18-8-7-17(13-19(18)41-23)15-3-5-16(6-4-15)24(33)32-9-11-38-12-10-32/h3-8,13,21H,9-12,14H2,1-2H3,(H,29,34,35)/t21?,27-/m1/s1. The van der Waals surface area contributed by atoms with Crippen LogP contribution in [-0.4, -0.2) is 84.6 Å². The molecule has 4 heterocycles. The van der Waals surface area contributed by atoms with E-state index in [0.717, 1.165) is 22.1 Å². The van der Waals surface area contributed by atoms with Gasteiger partial charge in [-0.3, -0.25) is 14.9 Å². The van der Waals surface area contributed by atoms with E-state index in [1.807, 2.05) is 29.6 Å². The van der Waals surface area contributed by atoms with Crippen molar-refractivity contribution in [1.82, 2.24) is 25.4 Å². The van der Waals surface area contributed by atoms with Gasteiger partial charge in [-0.2, -0.15) is 0 Å². The van der Waals surface area contributed by atoms with Gasteiger partial charge in [-0.15, -0.1) is 21.5 Å². The minimum absolute atomic E-state index is 0.0370. The molecule has 0 radical (unpaired) electrons. The molecule has 2 aromatic heterocycles. The zero-order valence-corrected chi connectivity index (χ0v) is 24.2. The second-order valence-electron chi connectivity index (χ2n) is 10.2. The lowest BCUT2D eigenvalue weighted by atomic mass is 10.0. The summed E-state index contributed by atoms with van der Waals surface area (Å²) in [5, 5.41) is 8.77. The predicted molar refractivity (Wildman–Crippen MR) is 149 cm³/mol. The van der Waals surface area contributed by atoms with Crippen molar-refractivity contribution >= 4 is 49.3 Å². The maximum Gasteiger partial charge on any atom is 0.415 e. The molecular formula is C27H25N5O8S2. The van der Waals surface area contributed by atoms with Gasteiger partial charge >= 0.3 is 6.09 Å². The number of amides is 3. The van der Waals surface area contributed by atoms with E-state index in [0.29, 0.717) is 37.4 Å². The topological polar surface area (TPSA) is 171 Å². The highest BCUT2D eigenvalue weighted by atomic mass is 32.2. The van der Waals surface area contributed by atoms with E-state index in [-0.39, 0.29) is 29.1 Å². The van der Waals surface area contributed by atoms with Crippen LogP contribution in [0, 0.1) is 0 Å². The van der Waals surface area contributed by atoms with Crippen molar-refractivity contribution in [2.45, 2.75) is 24.2 Å². The lowest BCUT2D eigenvalue weighted by Crippen LogP contribution is -2.40. The van der Waals surface area contributed by atoms with Gasteiger partial charge in [0.15, 0.2) is 20.7 Å². The zero-order valence-electron chi connectivity index (χ0n) is 22.5. The molecular weight excluding hydrogens is 586 g/mol. The van der Waals surface area contributed by atoms with E-state index >= 15 is 0 Å². The van der Waals surface area contributed by atoms with Crippen molar-refractivity contribution in [3.8, 4) is 11.1 Å². The van der Waals surface area contributed by atoms with Crippen LogP contribution < -0.4 is 5.32 Å². The Bertz CT molecular complexity index is 1810.